The molecule has 0 aromatic rings. The molecule has 0 spiro atoms. The Bertz CT molecular complexity index is 293. The fourth-order valence-corrected chi connectivity index (χ4v) is 6.01. The molecule has 4 bridgehead atoms. The van der Waals surface area contributed by atoms with E-state index in [0.717, 1.165) is 22.7 Å². The van der Waals surface area contributed by atoms with Crippen molar-refractivity contribution in [2.75, 3.05) is 0 Å². The second kappa shape index (κ2) is 4.98. The van der Waals surface area contributed by atoms with E-state index < -0.39 is 0 Å². The molecule has 2 unspecified atom stereocenters. The Kier molecular flexibility index (Phi) is 3.90. The number of unbranched alkanes of at least 4 members (excludes halogenated alkanes) is 2. The van der Waals surface area contributed by atoms with E-state index in [1.165, 1.54) is 25.7 Å². The van der Waals surface area contributed by atoms with Crippen LogP contribution in [0.3, 0.4) is 0 Å². The topological polar surface area (TPSA) is 0 Å². The van der Waals surface area contributed by atoms with E-state index in [2.05, 4.69) is 19.6 Å². The summed E-state index contributed by atoms with van der Waals surface area (Å²) in [6.07, 6.45) is 17.0. The van der Waals surface area contributed by atoms with Crippen molar-refractivity contribution in [3.8, 4) is 0 Å². The molecule has 4 saturated carbocycles. The van der Waals surface area contributed by atoms with Crippen LogP contribution in [0.25, 0.3) is 0 Å². The lowest BCUT2D eigenvalue weighted by molar-refractivity contribution is -0.106. The summed E-state index contributed by atoms with van der Waals surface area (Å²) in [4.78, 5) is 0. The Hall–Kier alpha value is -0.330. The van der Waals surface area contributed by atoms with Gasteiger partial charge in [0.05, 0.1) is 0 Å². The van der Waals surface area contributed by atoms with Gasteiger partial charge in [-0.1, -0.05) is 19.4 Å². The average Bonchev–Trinajstić information content (AvgIpc) is 2.21. The summed E-state index contributed by atoms with van der Waals surface area (Å²) in [5.41, 5.74) is 1.52. The molecule has 18 heavy (non-hydrogen) atoms. The lowest BCUT2D eigenvalue weighted by Crippen LogP contribution is -2.50. The zero-order chi connectivity index (χ0) is 11.9. The second-order valence-electron chi connectivity index (χ2n) is 7.81. The van der Waals surface area contributed by atoms with Gasteiger partial charge in [-0.3, -0.25) is 4.70 Å². The van der Waals surface area contributed by atoms with Gasteiger partial charge in [0.1, 0.15) is 0 Å². The highest BCUT2D eigenvalue weighted by atomic mass is 19.0. The first-order valence-corrected chi connectivity index (χ1v) is 7.74. The Balaban J connectivity index is 0.00000120. The van der Waals surface area contributed by atoms with Crippen LogP contribution in [0.2, 0.25) is 0 Å². The minimum absolute atomic E-state index is 0. The highest BCUT2D eigenvalue weighted by Crippen LogP contribution is 2.66. The van der Waals surface area contributed by atoms with E-state index >= 15 is 0 Å². The largest absolute Gasteiger partial charge is 0.269 e. The van der Waals surface area contributed by atoms with Crippen LogP contribution in [0.4, 0.5) is 4.70 Å². The summed E-state index contributed by atoms with van der Waals surface area (Å²) in [7, 11) is 0. The standard InChI is InChI=1S/C17H28.FH/c1-3-4-5-6-7-17-11-14-8-15(12-17)10-16(2,9-14)13-17;/h3,14-15H,1,4-13H2,2H3;1H. The van der Waals surface area contributed by atoms with Crippen LogP contribution < -0.4 is 0 Å². The van der Waals surface area contributed by atoms with Crippen LogP contribution in [-0.4, -0.2) is 0 Å². The van der Waals surface area contributed by atoms with Crippen molar-refractivity contribution in [3.05, 3.63) is 12.7 Å². The van der Waals surface area contributed by atoms with Crippen molar-refractivity contribution in [2.45, 2.75) is 71.1 Å². The number of rotatable bonds is 5. The minimum atomic E-state index is 0. The van der Waals surface area contributed by atoms with E-state index in [1.54, 1.807) is 38.5 Å². The molecule has 4 aliphatic carbocycles. The van der Waals surface area contributed by atoms with Crippen LogP contribution >= 0.6 is 0 Å². The smallest absolute Gasteiger partial charge is 0.0287 e. The van der Waals surface area contributed by atoms with Crippen LogP contribution in [0.5, 0.6) is 0 Å². The average molecular weight is 252 g/mol. The molecule has 0 nitrogen and oxygen atoms in total. The quantitative estimate of drug-likeness (QED) is 0.448. The summed E-state index contributed by atoms with van der Waals surface area (Å²) >= 11 is 0. The van der Waals surface area contributed by atoms with Gasteiger partial charge in [0.25, 0.3) is 0 Å². The molecule has 1 heteroatoms. The van der Waals surface area contributed by atoms with Crippen LogP contribution in [0.1, 0.15) is 71.1 Å². The highest BCUT2D eigenvalue weighted by molar-refractivity contribution is 5.05. The molecule has 4 aliphatic rings. The molecule has 0 amide bonds. The molecule has 4 fully saturated rings. The lowest BCUT2D eigenvalue weighted by Gasteiger charge is -2.61. The first-order valence-electron chi connectivity index (χ1n) is 7.74. The van der Waals surface area contributed by atoms with Gasteiger partial charge in [-0.25, -0.2) is 0 Å². The van der Waals surface area contributed by atoms with Gasteiger partial charge in [-0.2, -0.15) is 0 Å². The van der Waals surface area contributed by atoms with Gasteiger partial charge in [0.15, 0.2) is 0 Å². The van der Waals surface area contributed by atoms with Gasteiger partial charge in [0.2, 0.25) is 0 Å². The number of hydrogen-bond acceptors (Lipinski definition) is 0. The van der Waals surface area contributed by atoms with Crippen molar-refractivity contribution >= 4 is 0 Å². The van der Waals surface area contributed by atoms with Crippen LogP contribution in [0.15, 0.2) is 12.7 Å². The van der Waals surface area contributed by atoms with Gasteiger partial charge >= 0.3 is 0 Å². The van der Waals surface area contributed by atoms with E-state index in [9.17, 15) is 0 Å². The molecule has 0 saturated heterocycles. The summed E-state index contributed by atoms with van der Waals surface area (Å²) in [6.45, 7) is 6.42. The fraction of sp³-hybridized carbons (Fsp3) is 0.882. The minimum Gasteiger partial charge on any atom is -0.269 e. The Morgan fingerprint density at radius 2 is 1.78 bits per heavy atom. The first-order chi connectivity index (χ1) is 8.13. The van der Waals surface area contributed by atoms with Crippen molar-refractivity contribution in [2.24, 2.45) is 22.7 Å². The third-order valence-electron chi connectivity index (χ3n) is 5.84. The summed E-state index contributed by atoms with van der Waals surface area (Å²) in [5, 5.41) is 0. The summed E-state index contributed by atoms with van der Waals surface area (Å²) in [6, 6.07) is 0. The van der Waals surface area contributed by atoms with Crippen LogP contribution in [0, 0.1) is 22.7 Å². The third kappa shape index (κ3) is 2.51. The predicted octanol–water partition coefficient (Wildman–Crippen LogP) is 5.49. The lowest BCUT2D eigenvalue weighted by atomic mass is 9.44. The van der Waals surface area contributed by atoms with E-state index in [4.69, 9.17) is 0 Å². The molecule has 0 aromatic heterocycles. The highest BCUT2D eigenvalue weighted by Gasteiger charge is 2.54. The Morgan fingerprint density at radius 1 is 1.11 bits per heavy atom. The monoisotopic (exact) mass is 252 g/mol. The maximum atomic E-state index is 3.84. The van der Waals surface area contributed by atoms with Crippen molar-refractivity contribution in [3.63, 3.8) is 0 Å². The molecule has 0 radical (unpaired) electrons. The Labute approximate surface area is 112 Å². The number of hydrogen-bond donors (Lipinski definition) is 0. The molecular weight excluding hydrogens is 223 g/mol. The SMILES string of the molecule is C=CCCCCC12CC3CC(CC(C)(C3)C1)C2.F. The second-order valence-corrected chi connectivity index (χ2v) is 7.81. The van der Waals surface area contributed by atoms with E-state index in [1.807, 2.05) is 0 Å². The first kappa shape index (κ1) is 14.1. The molecular formula is C17H29F. The Morgan fingerprint density at radius 3 is 2.33 bits per heavy atom. The van der Waals surface area contributed by atoms with Gasteiger partial charge in [-0.15, -0.1) is 6.58 Å². The summed E-state index contributed by atoms with van der Waals surface area (Å²) < 4.78 is 0. The zero-order valence-corrected chi connectivity index (χ0v) is 11.9. The van der Waals surface area contributed by atoms with Crippen molar-refractivity contribution in [1.29, 1.82) is 0 Å². The van der Waals surface area contributed by atoms with Gasteiger partial charge in [0, 0.05) is 0 Å². The number of halogens is 1. The fourth-order valence-electron chi connectivity index (χ4n) is 6.01. The molecule has 0 N–H and O–H groups in total. The molecule has 0 heterocycles. The third-order valence-corrected chi connectivity index (χ3v) is 5.84. The predicted molar refractivity (Wildman–Crippen MR) is 76.4 cm³/mol. The van der Waals surface area contributed by atoms with Gasteiger partial charge in [-0.05, 0) is 80.5 Å². The summed E-state index contributed by atoms with van der Waals surface area (Å²) in [5.74, 6) is 2.20. The normalized spacial score (nSPS) is 44.7. The maximum absolute atomic E-state index is 3.84. The van der Waals surface area contributed by atoms with Crippen LogP contribution in [-0.2, 0) is 0 Å². The van der Waals surface area contributed by atoms with E-state index in [-0.39, 0.29) is 4.70 Å². The van der Waals surface area contributed by atoms with Crippen molar-refractivity contribution < 1.29 is 4.70 Å². The zero-order valence-electron chi connectivity index (χ0n) is 11.9. The molecule has 4 rings (SSSR count). The number of allylic oxidation sites excluding steroid dienone is 1. The maximum Gasteiger partial charge on any atom is -0.0287 e. The molecule has 0 aliphatic heterocycles. The molecule has 0 aromatic carbocycles. The molecule has 2 atom stereocenters. The van der Waals surface area contributed by atoms with Gasteiger partial charge < -0.3 is 0 Å². The van der Waals surface area contributed by atoms with E-state index in [0.29, 0.717) is 0 Å². The molecule has 104 valence electrons. The van der Waals surface area contributed by atoms with Crippen molar-refractivity contribution in [1.82, 2.24) is 0 Å².